The van der Waals surface area contributed by atoms with Gasteiger partial charge in [0.25, 0.3) is 6.01 Å². The van der Waals surface area contributed by atoms with E-state index in [-0.39, 0.29) is 5.75 Å². The summed E-state index contributed by atoms with van der Waals surface area (Å²) in [7, 11) is -3.10. The van der Waals surface area contributed by atoms with Crippen LogP contribution in [-0.2, 0) is 15.6 Å². The highest BCUT2D eigenvalue weighted by Gasteiger charge is 2.31. The number of oxazole rings is 1. The predicted molar refractivity (Wildman–Crippen MR) is 154 cm³/mol. The maximum atomic E-state index is 11.8. The van der Waals surface area contributed by atoms with Crippen molar-refractivity contribution < 1.29 is 12.8 Å². The predicted octanol–water partition coefficient (Wildman–Crippen LogP) is 5.68. The molecule has 2 heterocycles. The molecule has 3 aromatic carbocycles. The van der Waals surface area contributed by atoms with Gasteiger partial charge in [-0.2, -0.15) is 4.98 Å². The summed E-state index contributed by atoms with van der Waals surface area (Å²) in [4.78, 5) is 9.81. The van der Waals surface area contributed by atoms with E-state index in [0.717, 1.165) is 65.7 Å². The summed E-state index contributed by atoms with van der Waals surface area (Å²) in [5.74, 6) is 0.0363. The van der Waals surface area contributed by atoms with Crippen molar-refractivity contribution in [2.45, 2.75) is 38.5 Å². The Morgan fingerprint density at radius 2 is 1.76 bits per heavy atom. The Bertz CT molecular complexity index is 1600. The van der Waals surface area contributed by atoms with E-state index in [4.69, 9.17) is 4.42 Å². The number of para-hydroxylation sites is 1. The number of nitrogens with one attached hydrogen (secondary N) is 1. The number of aromatic nitrogens is 1. The average Bonchev–Trinajstić information content (AvgIpc) is 3.64. The number of sulfone groups is 1. The third-order valence-electron chi connectivity index (χ3n) is 7.65. The van der Waals surface area contributed by atoms with E-state index in [9.17, 15) is 8.42 Å². The van der Waals surface area contributed by atoms with Crippen LogP contribution in [0.2, 0.25) is 0 Å². The molecule has 8 heteroatoms. The number of piperazine rings is 1. The van der Waals surface area contributed by atoms with Gasteiger partial charge >= 0.3 is 0 Å². The lowest BCUT2D eigenvalue weighted by Gasteiger charge is -2.37. The SMILES string of the molecule is Cc1cc(-c2cccc3nc(Nc4ccc(N5CCN(C6CC6)CC5)c(C)c4)oc23)ccc1CS(C)(=O)=O. The van der Waals surface area contributed by atoms with Gasteiger partial charge in [-0.05, 0) is 73.2 Å². The fourth-order valence-corrected chi connectivity index (χ4v) is 6.41. The van der Waals surface area contributed by atoms with Crippen LogP contribution in [0.3, 0.4) is 0 Å². The van der Waals surface area contributed by atoms with Crippen LogP contribution in [0.25, 0.3) is 22.2 Å². The summed E-state index contributed by atoms with van der Waals surface area (Å²) >= 11 is 0. The van der Waals surface area contributed by atoms with Gasteiger partial charge in [-0.25, -0.2) is 8.42 Å². The molecule has 1 saturated carbocycles. The van der Waals surface area contributed by atoms with Crippen LogP contribution in [0.4, 0.5) is 17.4 Å². The van der Waals surface area contributed by atoms with Crippen LogP contribution in [0, 0.1) is 13.8 Å². The van der Waals surface area contributed by atoms with Crippen molar-refractivity contribution in [2.24, 2.45) is 0 Å². The molecule has 0 bridgehead atoms. The number of benzene rings is 3. The number of anilines is 3. The fraction of sp³-hybridized carbons (Fsp3) is 0.367. The van der Waals surface area contributed by atoms with Crippen molar-refractivity contribution in [1.82, 2.24) is 9.88 Å². The summed E-state index contributed by atoms with van der Waals surface area (Å²) in [5.41, 5.74) is 8.58. The number of nitrogens with zero attached hydrogens (tertiary/aromatic N) is 3. The molecule has 1 aliphatic heterocycles. The van der Waals surface area contributed by atoms with Crippen molar-refractivity contribution in [3.63, 3.8) is 0 Å². The van der Waals surface area contributed by atoms with Crippen LogP contribution in [0.15, 0.2) is 59.0 Å². The topological polar surface area (TPSA) is 78.7 Å². The highest BCUT2D eigenvalue weighted by molar-refractivity contribution is 7.89. The fourth-order valence-electron chi connectivity index (χ4n) is 5.52. The van der Waals surface area contributed by atoms with E-state index in [0.29, 0.717) is 11.6 Å². The van der Waals surface area contributed by atoms with Gasteiger partial charge in [0.1, 0.15) is 5.52 Å². The lowest BCUT2D eigenvalue weighted by atomic mass is 10.00. The Morgan fingerprint density at radius 3 is 2.45 bits per heavy atom. The molecule has 1 N–H and O–H groups in total. The minimum atomic E-state index is -3.10. The van der Waals surface area contributed by atoms with E-state index in [2.05, 4.69) is 45.2 Å². The summed E-state index contributed by atoms with van der Waals surface area (Å²) < 4.78 is 29.7. The van der Waals surface area contributed by atoms with E-state index in [1.807, 2.05) is 43.3 Å². The smallest absolute Gasteiger partial charge is 0.300 e. The standard InChI is InChI=1S/C30H34N4O3S/c1-20-17-22(7-8-23(20)19-38(3,35)36)26-5-4-6-27-29(26)37-30(32-27)31-24-9-12-28(21(2)18-24)34-15-13-33(14-16-34)25-10-11-25/h4-9,12,17-18,25H,10-11,13-16,19H2,1-3H3,(H,31,32). The van der Waals surface area contributed by atoms with Crippen molar-refractivity contribution in [1.29, 1.82) is 0 Å². The van der Waals surface area contributed by atoms with E-state index >= 15 is 0 Å². The van der Waals surface area contributed by atoms with Crippen LogP contribution in [-0.4, -0.2) is 56.8 Å². The molecule has 7 nitrogen and oxygen atoms in total. The maximum Gasteiger partial charge on any atom is 0.300 e. The number of rotatable bonds is 7. The average molecular weight is 531 g/mol. The van der Waals surface area contributed by atoms with Crippen molar-refractivity contribution in [3.8, 4) is 11.1 Å². The van der Waals surface area contributed by atoms with E-state index in [1.54, 1.807) is 0 Å². The molecule has 1 aromatic heterocycles. The first-order valence-corrected chi connectivity index (χ1v) is 15.3. The van der Waals surface area contributed by atoms with Gasteiger partial charge in [0.15, 0.2) is 15.4 Å². The summed E-state index contributed by atoms with van der Waals surface area (Å²) in [6.45, 7) is 8.55. The summed E-state index contributed by atoms with van der Waals surface area (Å²) in [6, 6.07) is 19.5. The zero-order valence-electron chi connectivity index (χ0n) is 22.2. The quantitative estimate of drug-likeness (QED) is 0.329. The molecule has 38 heavy (non-hydrogen) atoms. The lowest BCUT2D eigenvalue weighted by Crippen LogP contribution is -2.47. The zero-order chi connectivity index (χ0) is 26.4. The van der Waals surface area contributed by atoms with Gasteiger partial charge in [0.2, 0.25) is 0 Å². The molecule has 4 aromatic rings. The normalized spacial score (nSPS) is 16.8. The Kier molecular flexibility index (Phi) is 6.40. The van der Waals surface area contributed by atoms with Crippen LogP contribution in [0.5, 0.6) is 0 Å². The summed E-state index contributed by atoms with van der Waals surface area (Å²) in [5, 5.41) is 3.35. The molecular formula is C30H34N4O3S. The Balaban J connectivity index is 1.21. The molecule has 2 aliphatic rings. The Morgan fingerprint density at radius 1 is 0.974 bits per heavy atom. The van der Waals surface area contributed by atoms with Crippen LogP contribution >= 0.6 is 0 Å². The second-order valence-corrected chi connectivity index (χ2v) is 12.9. The molecule has 198 valence electrons. The first kappa shape index (κ1) is 24.9. The van der Waals surface area contributed by atoms with Crippen molar-refractivity contribution in [3.05, 3.63) is 71.3 Å². The third-order valence-corrected chi connectivity index (χ3v) is 8.49. The number of hydrogen-bond acceptors (Lipinski definition) is 7. The molecule has 1 saturated heterocycles. The third kappa shape index (κ3) is 5.28. The van der Waals surface area contributed by atoms with Gasteiger partial charge in [0, 0.05) is 55.4 Å². The summed E-state index contributed by atoms with van der Waals surface area (Å²) in [6.07, 6.45) is 4.00. The minimum Gasteiger partial charge on any atom is -0.423 e. The number of hydrogen-bond donors (Lipinski definition) is 1. The number of fused-ring (bicyclic) bond motifs is 1. The first-order chi connectivity index (χ1) is 18.2. The monoisotopic (exact) mass is 530 g/mol. The Labute approximate surface area is 224 Å². The second-order valence-electron chi connectivity index (χ2n) is 10.8. The van der Waals surface area contributed by atoms with E-state index in [1.165, 1.54) is 30.3 Å². The molecule has 0 amide bonds. The molecule has 0 unspecified atom stereocenters. The van der Waals surface area contributed by atoms with Crippen molar-refractivity contribution >= 4 is 38.3 Å². The molecule has 2 fully saturated rings. The van der Waals surface area contributed by atoms with Gasteiger partial charge in [-0.3, -0.25) is 4.90 Å². The molecule has 6 rings (SSSR count). The first-order valence-electron chi connectivity index (χ1n) is 13.3. The molecule has 0 atom stereocenters. The number of aryl methyl sites for hydroxylation is 2. The van der Waals surface area contributed by atoms with Crippen LogP contribution < -0.4 is 10.2 Å². The molecular weight excluding hydrogens is 496 g/mol. The lowest BCUT2D eigenvalue weighted by molar-refractivity contribution is 0.248. The van der Waals surface area contributed by atoms with Gasteiger partial charge in [-0.1, -0.05) is 30.3 Å². The minimum absolute atomic E-state index is 0.0363. The molecule has 1 aliphatic carbocycles. The highest BCUT2D eigenvalue weighted by Crippen LogP contribution is 2.34. The molecule has 0 radical (unpaired) electrons. The molecule has 0 spiro atoms. The van der Waals surface area contributed by atoms with Crippen LogP contribution in [0.1, 0.15) is 29.5 Å². The zero-order valence-corrected chi connectivity index (χ0v) is 23.0. The van der Waals surface area contributed by atoms with Gasteiger partial charge < -0.3 is 14.6 Å². The van der Waals surface area contributed by atoms with Gasteiger partial charge in [0.05, 0.1) is 5.75 Å². The Hall–Kier alpha value is -3.36. The second kappa shape index (κ2) is 9.75. The highest BCUT2D eigenvalue weighted by atomic mass is 32.2. The maximum absolute atomic E-state index is 11.8. The largest absolute Gasteiger partial charge is 0.423 e. The van der Waals surface area contributed by atoms with Gasteiger partial charge in [-0.15, -0.1) is 0 Å². The van der Waals surface area contributed by atoms with Crippen molar-refractivity contribution in [2.75, 3.05) is 42.7 Å². The van der Waals surface area contributed by atoms with E-state index < -0.39 is 9.84 Å².